The Morgan fingerprint density at radius 2 is 1.96 bits per heavy atom. The van der Waals surface area contributed by atoms with Crippen molar-refractivity contribution in [3.63, 3.8) is 0 Å². The van der Waals surface area contributed by atoms with Gasteiger partial charge < -0.3 is 4.57 Å². The number of thioether (sulfide) groups is 1. The molecule has 4 rings (SSSR count). The number of hydrogen-bond acceptors (Lipinski definition) is 5. The summed E-state index contributed by atoms with van der Waals surface area (Å²) in [5.41, 5.74) is 3.69. The van der Waals surface area contributed by atoms with Gasteiger partial charge in [-0.25, -0.2) is 4.98 Å². The molecule has 1 aliphatic rings. The Morgan fingerprint density at radius 3 is 2.77 bits per heavy atom. The van der Waals surface area contributed by atoms with E-state index in [-0.39, 0.29) is 0 Å². The highest BCUT2D eigenvalue weighted by Gasteiger charge is 2.15. The van der Waals surface area contributed by atoms with E-state index >= 15 is 0 Å². The fourth-order valence-electron chi connectivity index (χ4n) is 3.22. The number of aromatic nitrogens is 4. The first-order valence-corrected chi connectivity index (χ1v) is 11.2. The molecule has 0 saturated heterocycles. The lowest BCUT2D eigenvalue weighted by molar-refractivity contribution is 0.591. The van der Waals surface area contributed by atoms with E-state index in [0.29, 0.717) is 5.92 Å². The second kappa shape index (κ2) is 7.92. The van der Waals surface area contributed by atoms with Crippen molar-refractivity contribution in [3.8, 4) is 10.6 Å². The SMILES string of the molecule is CC(C)c1ccc(-c2nc(CSc3nnc4n3CCCCC4)cs2)cc1. The van der Waals surface area contributed by atoms with Gasteiger partial charge in [0.25, 0.3) is 0 Å². The van der Waals surface area contributed by atoms with Crippen LogP contribution in [0.3, 0.4) is 0 Å². The Morgan fingerprint density at radius 1 is 1.12 bits per heavy atom. The van der Waals surface area contributed by atoms with Gasteiger partial charge in [0, 0.05) is 29.7 Å². The molecule has 4 nitrogen and oxygen atoms in total. The minimum atomic E-state index is 0.561. The summed E-state index contributed by atoms with van der Waals surface area (Å²) >= 11 is 3.47. The van der Waals surface area contributed by atoms with Crippen LogP contribution in [-0.2, 0) is 18.7 Å². The van der Waals surface area contributed by atoms with Crippen molar-refractivity contribution >= 4 is 23.1 Å². The first kappa shape index (κ1) is 17.7. The van der Waals surface area contributed by atoms with E-state index in [1.165, 1.54) is 30.4 Å². The molecular formula is C20H24N4S2. The summed E-state index contributed by atoms with van der Waals surface area (Å²) in [6.45, 7) is 5.49. The van der Waals surface area contributed by atoms with Crippen molar-refractivity contribution in [2.75, 3.05) is 0 Å². The summed E-state index contributed by atoms with van der Waals surface area (Å²) in [6, 6.07) is 8.79. The number of fused-ring (bicyclic) bond motifs is 1. The zero-order valence-corrected chi connectivity index (χ0v) is 16.9. The van der Waals surface area contributed by atoms with Crippen LogP contribution in [-0.4, -0.2) is 19.7 Å². The van der Waals surface area contributed by atoms with Crippen molar-refractivity contribution in [1.82, 2.24) is 19.7 Å². The number of benzene rings is 1. The third-order valence-electron chi connectivity index (χ3n) is 4.80. The fraction of sp³-hybridized carbons (Fsp3) is 0.450. The van der Waals surface area contributed by atoms with Gasteiger partial charge in [-0.3, -0.25) is 0 Å². The van der Waals surface area contributed by atoms with Crippen LogP contribution in [0.2, 0.25) is 0 Å². The second-order valence-electron chi connectivity index (χ2n) is 7.07. The molecule has 0 fully saturated rings. The first-order valence-electron chi connectivity index (χ1n) is 9.30. The summed E-state index contributed by atoms with van der Waals surface area (Å²) < 4.78 is 2.30. The van der Waals surface area contributed by atoms with Crippen molar-refractivity contribution in [2.45, 2.75) is 62.9 Å². The molecule has 2 aromatic heterocycles. The molecule has 0 saturated carbocycles. The van der Waals surface area contributed by atoms with Crippen LogP contribution in [0.5, 0.6) is 0 Å². The summed E-state index contributed by atoms with van der Waals surface area (Å²) in [5, 5.41) is 13.1. The van der Waals surface area contributed by atoms with Gasteiger partial charge in [-0.1, -0.05) is 56.3 Å². The van der Waals surface area contributed by atoms with Gasteiger partial charge in [-0.05, 0) is 24.3 Å². The molecule has 26 heavy (non-hydrogen) atoms. The molecule has 3 heterocycles. The standard InChI is InChI=1S/C20H24N4S2/c1-14(2)15-7-9-16(10-8-15)19-21-17(12-25-19)13-26-20-23-22-18-6-4-3-5-11-24(18)20/h7-10,12,14H,3-6,11,13H2,1-2H3. The highest BCUT2D eigenvalue weighted by atomic mass is 32.2. The van der Waals surface area contributed by atoms with Crippen molar-refractivity contribution in [1.29, 1.82) is 0 Å². The zero-order chi connectivity index (χ0) is 17.9. The van der Waals surface area contributed by atoms with Gasteiger partial charge in [0.2, 0.25) is 0 Å². The Balaban J connectivity index is 1.43. The van der Waals surface area contributed by atoms with Gasteiger partial charge in [-0.2, -0.15) is 0 Å². The smallest absolute Gasteiger partial charge is 0.191 e. The largest absolute Gasteiger partial charge is 0.306 e. The quantitative estimate of drug-likeness (QED) is 0.541. The van der Waals surface area contributed by atoms with Crippen LogP contribution in [0.15, 0.2) is 34.8 Å². The lowest BCUT2D eigenvalue weighted by Crippen LogP contribution is -2.02. The highest BCUT2D eigenvalue weighted by Crippen LogP contribution is 2.29. The van der Waals surface area contributed by atoms with Crippen molar-refractivity contribution < 1.29 is 0 Å². The number of nitrogens with zero attached hydrogens (tertiary/aromatic N) is 4. The van der Waals surface area contributed by atoms with Gasteiger partial charge in [0.15, 0.2) is 5.16 Å². The Labute approximate surface area is 163 Å². The maximum absolute atomic E-state index is 4.83. The number of hydrogen-bond donors (Lipinski definition) is 0. The molecule has 0 aliphatic carbocycles. The van der Waals surface area contributed by atoms with E-state index in [2.05, 4.69) is 58.3 Å². The number of rotatable bonds is 5. The molecule has 0 unspecified atom stereocenters. The molecule has 0 spiro atoms. The van der Waals surface area contributed by atoms with E-state index in [4.69, 9.17) is 4.98 Å². The lowest BCUT2D eigenvalue weighted by atomic mass is 10.0. The monoisotopic (exact) mass is 384 g/mol. The van der Waals surface area contributed by atoms with E-state index in [1.807, 2.05) is 0 Å². The predicted octanol–water partition coefficient (Wildman–Crippen LogP) is 5.54. The van der Waals surface area contributed by atoms with Crippen LogP contribution in [0.1, 0.15) is 56.1 Å². The molecule has 0 amide bonds. The summed E-state index contributed by atoms with van der Waals surface area (Å²) in [7, 11) is 0. The Kier molecular flexibility index (Phi) is 5.41. The molecule has 0 radical (unpaired) electrons. The predicted molar refractivity (Wildman–Crippen MR) is 109 cm³/mol. The topological polar surface area (TPSA) is 43.6 Å². The summed E-state index contributed by atoms with van der Waals surface area (Å²) in [5.74, 6) is 2.55. The third kappa shape index (κ3) is 3.86. The Hall–Kier alpha value is -1.66. The van der Waals surface area contributed by atoms with E-state index in [1.54, 1.807) is 23.1 Å². The van der Waals surface area contributed by atoms with Gasteiger partial charge in [0.05, 0.1) is 5.69 Å². The van der Waals surface area contributed by atoms with E-state index in [9.17, 15) is 0 Å². The molecule has 6 heteroatoms. The lowest BCUT2D eigenvalue weighted by Gasteiger charge is -2.05. The molecule has 1 aliphatic heterocycles. The van der Waals surface area contributed by atoms with Crippen LogP contribution >= 0.6 is 23.1 Å². The van der Waals surface area contributed by atoms with Gasteiger partial charge >= 0.3 is 0 Å². The first-order chi connectivity index (χ1) is 12.7. The van der Waals surface area contributed by atoms with Crippen LogP contribution in [0.4, 0.5) is 0 Å². The summed E-state index contributed by atoms with van der Waals surface area (Å²) in [6.07, 6.45) is 4.80. The maximum Gasteiger partial charge on any atom is 0.191 e. The Bertz CT molecular complexity index is 864. The molecule has 0 atom stereocenters. The van der Waals surface area contributed by atoms with Gasteiger partial charge in [0.1, 0.15) is 10.8 Å². The average Bonchev–Trinajstić information content (AvgIpc) is 3.21. The van der Waals surface area contributed by atoms with Gasteiger partial charge in [-0.15, -0.1) is 21.5 Å². The van der Waals surface area contributed by atoms with Crippen molar-refractivity contribution in [3.05, 3.63) is 46.7 Å². The molecule has 0 bridgehead atoms. The highest BCUT2D eigenvalue weighted by molar-refractivity contribution is 7.98. The van der Waals surface area contributed by atoms with Crippen LogP contribution < -0.4 is 0 Å². The second-order valence-corrected chi connectivity index (χ2v) is 8.87. The molecule has 1 aromatic carbocycles. The third-order valence-corrected chi connectivity index (χ3v) is 6.74. The minimum Gasteiger partial charge on any atom is -0.306 e. The molecule has 136 valence electrons. The van der Waals surface area contributed by atoms with E-state index in [0.717, 1.165) is 40.4 Å². The minimum absolute atomic E-state index is 0.561. The molecular weight excluding hydrogens is 360 g/mol. The average molecular weight is 385 g/mol. The normalized spacial score (nSPS) is 14.4. The molecule has 0 N–H and O–H groups in total. The molecule has 3 aromatic rings. The fourth-order valence-corrected chi connectivity index (χ4v) is 5.03. The maximum atomic E-state index is 4.83. The van der Waals surface area contributed by atoms with Crippen LogP contribution in [0, 0.1) is 0 Å². The van der Waals surface area contributed by atoms with Crippen molar-refractivity contribution in [2.24, 2.45) is 0 Å². The number of thiazole rings is 1. The van der Waals surface area contributed by atoms with E-state index < -0.39 is 0 Å². The number of aryl methyl sites for hydroxylation is 1. The zero-order valence-electron chi connectivity index (χ0n) is 15.3. The van der Waals surface area contributed by atoms with Crippen LogP contribution in [0.25, 0.3) is 10.6 Å². The summed E-state index contributed by atoms with van der Waals surface area (Å²) in [4.78, 5) is 4.83.